The first-order chi connectivity index (χ1) is 5.68. The molecule has 0 radical (unpaired) electrons. The molecule has 5 nitrogen and oxygen atoms in total. The molecule has 0 saturated heterocycles. The maximum atomic E-state index is 10.1. The van der Waals surface area contributed by atoms with Crippen LogP contribution in [0.3, 0.4) is 0 Å². The van der Waals surface area contributed by atoms with Crippen LogP contribution >= 0.6 is 0 Å². The van der Waals surface area contributed by atoms with Crippen molar-refractivity contribution in [1.82, 2.24) is 15.0 Å². The van der Waals surface area contributed by atoms with Crippen LogP contribution in [0.2, 0.25) is 0 Å². The monoisotopic (exact) mass is 171 g/mol. The molecular weight excluding hydrogens is 158 g/mol. The van der Waals surface area contributed by atoms with Gasteiger partial charge < -0.3 is 5.11 Å². The SMILES string of the molecule is CC.Cc1cn(CC(=O)O)nn1. The molecule has 0 aliphatic heterocycles. The molecule has 0 aliphatic carbocycles. The topological polar surface area (TPSA) is 68.0 Å². The van der Waals surface area contributed by atoms with Gasteiger partial charge in [0.15, 0.2) is 0 Å². The maximum Gasteiger partial charge on any atom is 0.325 e. The van der Waals surface area contributed by atoms with Crippen LogP contribution in [0.1, 0.15) is 19.5 Å². The van der Waals surface area contributed by atoms with Crippen molar-refractivity contribution < 1.29 is 9.90 Å². The smallest absolute Gasteiger partial charge is 0.325 e. The van der Waals surface area contributed by atoms with E-state index in [9.17, 15) is 4.79 Å². The van der Waals surface area contributed by atoms with E-state index in [2.05, 4.69) is 10.3 Å². The van der Waals surface area contributed by atoms with Crippen molar-refractivity contribution in [1.29, 1.82) is 0 Å². The molecule has 0 unspecified atom stereocenters. The average molecular weight is 171 g/mol. The molecule has 0 atom stereocenters. The van der Waals surface area contributed by atoms with Crippen LogP contribution in [0.5, 0.6) is 0 Å². The van der Waals surface area contributed by atoms with E-state index in [4.69, 9.17) is 5.11 Å². The van der Waals surface area contributed by atoms with Gasteiger partial charge in [0.1, 0.15) is 6.54 Å². The Labute approximate surface area is 71.0 Å². The number of aryl methyl sites for hydroxylation is 1. The quantitative estimate of drug-likeness (QED) is 0.711. The van der Waals surface area contributed by atoms with Crippen molar-refractivity contribution >= 4 is 5.97 Å². The number of rotatable bonds is 2. The van der Waals surface area contributed by atoms with Gasteiger partial charge in [0.2, 0.25) is 0 Å². The second kappa shape index (κ2) is 5.29. The van der Waals surface area contributed by atoms with Gasteiger partial charge in [0.05, 0.1) is 5.69 Å². The van der Waals surface area contributed by atoms with Crippen molar-refractivity contribution in [3.63, 3.8) is 0 Å². The zero-order chi connectivity index (χ0) is 9.56. The van der Waals surface area contributed by atoms with E-state index in [1.807, 2.05) is 13.8 Å². The van der Waals surface area contributed by atoms with Crippen molar-refractivity contribution in [2.24, 2.45) is 0 Å². The molecule has 1 heterocycles. The van der Waals surface area contributed by atoms with E-state index in [1.165, 1.54) is 4.68 Å². The van der Waals surface area contributed by atoms with Gasteiger partial charge >= 0.3 is 5.97 Å². The first kappa shape index (κ1) is 10.6. The molecule has 68 valence electrons. The zero-order valence-corrected chi connectivity index (χ0v) is 7.48. The molecule has 0 amide bonds. The number of hydrogen-bond donors (Lipinski definition) is 1. The highest BCUT2D eigenvalue weighted by atomic mass is 16.4. The maximum absolute atomic E-state index is 10.1. The van der Waals surface area contributed by atoms with E-state index in [0.29, 0.717) is 0 Å². The number of aromatic nitrogens is 3. The third-order valence-corrected chi connectivity index (χ3v) is 0.950. The first-order valence-electron chi connectivity index (χ1n) is 3.77. The summed E-state index contributed by atoms with van der Waals surface area (Å²) in [7, 11) is 0. The lowest BCUT2D eigenvalue weighted by molar-refractivity contribution is -0.137. The van der Waals surface area contributed by atoms with Gasteiger partial charge in [-0.1, -0.05) is 19.1 Å². The predicted octanol–water partition coefficient (Wildman–Crippen LogP) is 0.697. The van der Waals surface area contributed by atoms with Crippen LogP contribution in [0.4, 0.5) is 0 Å². The molecule has 0 saturated carbocycles. The molecule has 5 heteroatoms. The number of carbonyl (C=O) groups is 1. The molecule has 1 rings (SSSR count). The van der Waals surface area contributed by atoms with Gasteiger partial charge in [-0.3, -0.25) is 4.79 Å². The number of nitrogens with zero attached hydrogens (tertiary/aromatic N) is 3. The van der Waals surface area contributed by atoms with E-state index in [1.54, 1.807) is 13.1 Å². The Kier molecular flexibility index (Phi) is 4.67. The van der Waals surface area contributed by atoms with E-state index in [0.717, 1.165) is 5.69 Å². The summed E-state index contributed by atoms with van der Waals surface area (Å²) in [5.74, 6) is -0.912. The Bertz CT molecular complexity index is 245. The molecule has 12 heavy (non-hydrogen) atoms. The summed E-state index contributed by atoms with van der Waals surface area (Å²) in [5.41, 5.74) is 0.723. The fourth-order valence-corrected chi connectivity index (χ4v) is 0.611. The van der Waals surface area contributed by atoms with Gasteiger partial charge in [-0.2, -0.15) is 0 Å². The van der Waals surface area contributed by atoms with E-state index >= 15 is 0 Å². The number of aliphatic carboxylic acids is 1. The summed E-state index contributed by atoms with van der Waals surface area (Å²) in [5, 5.41) is 15.4. The predicted molar refractivity (Wildman–Crippen MR) is 43.7 cm³/mol. The first-order valence-corrected chi connectivity index (χ1v) is 3.77. The second-order valence-corrected chi connectivity index (χ2v) is 1.95. The minimum atomic E-state index is -0.912. The Morgan fingerprint density at radius 1 is 1.67 bits per heavy atom. The summed E-state index contributed by atoms with van der Waals surface area (Å²) in [4.78, 5) is 10.1. The lowest BCUT2D eigenvalue weighted by atomic mass is 10.5. The fourth-order valence-electron chi connectivity index (χ4n) is 0.611. The highest BCUT2D eigenvalue weighted by Gasteiger charge is 1.99. The standard InChI is InChI=1S/C5H7N3O2.C2H6/c1-4-2-8(7-6-4)3-5(9)10;1-2/h2H,3H2,1H3,(H,9,10);1-2H3. The summed E-state index contributed by atoms with van der Waals surface area (Å²) in [6.45, 7) is 5.63. The molecule has 0 spiro atoms. The van der Waals surface area contributed by atoms with Crippen molar-refractivity contribution in [2.75, 3.05) is 0 Å². The van der Waals surface area contributed by atoms with E-state index < -0.39 is 5.97 Å². The Balaban J connectivity index is 0.000000561. The van der Waals surface area contributed by atoms with Gasteiger partial charge in [-0.05, 0) is 6.92 Å². The van der Waals surface area contributed by atoms with Crippen LogP contribution in [0.25, 0.3) is 0 Å². The van der Waals surface area contributed by atoms with Gasteiger partial charge in [-0.15, -0.1) is 5.10 Å². The summed E-state index contributed by atoms with van der Waals surface area (Å²) in [6, 6.07) is 0. The summed E-state index contributed by atoms with van der Waals surface area (Å²) in [6.07, 6.45) is 1.58. The van der Waals surface area contributed by atoms with Crippen LogP contribution < -0.4 is 0 Å². The zero-order valence-electron chi connectivity index (χ0n) is 7.48. The molecule has 1 N–H and O–H groups in total. The van der Waals surface area contributed by atoms with Crippen molar-refractivity contribution in [2.45, 2.75) is 27.3 Å². The van der Waals surface area contributed by atoms with E-state index in [-0.39, 0.29) is 6.54 Å². The molecular formula is C7H13N3O2. The minimum absolute atomic E-state index is 0.124. The van der Waals surface area contributed by atoms with Crippen molar-refractivity contribution in [3.05, 3.63) is 11.9 Å². The highest BCUT2D eigenvalue weighted by molar-refractivity contribution is 5.66. The van der Waals surface area contributed by atoms with Crippen LogP contribution in [0.15, 0.2) is 6.20 Å². The molecule has 0 aliphatic rings. The third-order valence-electron chi connectivity index (χ3n) is 0.950. The Hall–Kier alpha value is -1.39. The molecule has 0 fully saturated rings. The average Bonchev–Trinajstić information content (AvgIpc) is 2.39. The molecule has 1 aromatic heterocycles. The third kappa shape index (κ3) is 3.70. The molecule has 1 aromatic rings. The Morgan fingerprint density at radius 2 is 2.25 bits per heavy atom. The van der Waals surface area contributed by atoms with Gasteiger partial charge in [0.25, 0.3) is 0 Å². The normalized spacial score (nSPS) is 8.58. The van der Waals surface area contributed by atoms with Gasteiger partial charge in [-0.25, -0.2) is 4.68 Å². The van der Waals surface area contributed by atoms with Crippen molar-refractivity contribution in [3.8, 4) is 0 Å². The highest BCUT2D eigenvalue weighted by Crippen LogP contribution is 1.87. The second-order valence-electron chi connectivity index (χ2n) is 1.95. The summed E-state index contributed by atoms with van der Waals surface area (Å²) >= 11 is 0. The molecule has 0 aromatic carbocycles. The van der Waals surface area contributed by atoms with Crippen LogP contribution in [0, 0.1) is 6.92 Å². The fraction of sp³-hybridized carbons (Fsp3) is 0.571. The van der Waals surface area contributed by atoms with Crippen LogP contribution in [-0.2, 0) is 11.3 Å². The lowest BCUT2D eigenvalue weighted by Gasteiger charge is -1.90. The number of carboxylic acid groups (broad SMARTS) is 1. The summed E-state index contributed by atoms with van der Waals surface area (Å²) < 4.78 is 1.28. The van der Waals surface area contributed by atoms with Gasteiger partial charge in [0, 0.05) is 6.20 Å². The lowest BCUT2D eigenvalue weighted by Crippen LogP contribution is -2.08. The Morgan fingerprint density at radius 3 is 2.58 bits per heavy atom. The minimum Gasteiger partial charge on any atom is -0.480 e. The number of hydrogen-bond acceptors (Lipinski definition) is 3. The van der Waals surface area contributed by atoms with Crippen LogP contribution in [-0.4, -0.2) is 26.1 Å². The largest absolute Gasteiger partial charge is 0.480 e. The molecule has 0 bridgehead atoms. The number of carboxylic acids is 1.